The quantitative estimate of drug-likeness (QED) is 0.837. The number of benzene rings is 1. The highest BCUT2D eigenvalue weighted by molar-refractivity contribution is 6.18. The molecule has 0 saturated carbocycles. The van der Waals surface area contributed by atoms with E-state index in [1.807, 2.05) is 0 Å². The Morgan fingerprint density at radius 1 is 1.17 bits per heavy atom. The molecular weight excluding hydrogens is 345 g/mol. The molecule has 0 radical (unpaired) electrons. The molecule has 0 spiro atoms. The molecular formula is C16H18ClF3N2O2. The van der Waals surface area contributed by atoms with Crippen LogP contribution in [-0.2, 0) is 11.0 Å². The van der Waals surface area contributed by atoms with Gasteiger partial charge in [0.15, 0.2) is 0 Å². The minimum atomic E-state index is -4.42. The van der Waals surface area contributed by atoms with E-state index in [2.05, 4.69) is 5.32 Å². The lowest BCUT2D eigenvalue weighted by Gasteiger charge is -2.32. The monoisotopic (exact) mass is 362 g/mol. The van der Waals surface area contributed by atoms with Gasteiger partial charge in [0, 0.05) is 37.0 Å². The summed E-state index contributed by atoms with van der Waals surface area (Å²) in [5, 5.41) is 2.80. The summed E-state index contributed by atoms with van der Waals surface area (Å²) in [5.74, 6) is -0.129. The van der Waals surface area contributed by atoms with Gasteiger partial charge in [0.25, 0.3) is 5.91 Å². The van der Waals surface area contributed by atoms with Crippen molar-refractivity contribution in [1.82, 2.24) is 10.2 Å². The Bertz CT molecular complexity index is 582. The smallest absolute Gasteiger partial charge is 0.349 e. The third kappa shape index (κ3) is 4.87. The maximum atomic E-state index is 12.5. The Morgan fingerprint density at radius 2 is 1.75 bits per heavy atom. The van der Waals surface area contributed by atoms with Crippen molar-refractivity contribution >= 4 is 23.4 Å². The molecule has 4 nitrogen and oxygen atoms in total. The van der Waals surface area contributed by atoms with Crippen molar-refractivity contribution in [2.75, 3.05) is 19.0 Å². The number of rotatable bonds is 4. The van der Waals surface area contributed by atoms with E-state index in [1.54, 1.807) is 4.90 Å². The molecule has 1 saturated heterocycles. The second kappa shape index (κ2) is 7.88. The van der Waals surface area contributed by atoms with E-state index in [1.165, 1.54) is 0 Å². The first-order valence-corrected chi connectivity index (χ1v) is 8.16. The molecule has 1 aromatic carbocycles. The minimum absolute atomic E-state index is 0.00230. The van der Waals surface area contributed by atoms with Crippen LogP contribution >= 0.6 is 11.6 Å². The van der Waals surface area contributed by atoms with Gasteiger partial charge >= 0.3 is 6.18 Å². The molecule has 0 aliphatic carbocycles. The molecule has 2 amide bonds. The normalized spacial score (nSPS) is 16.1. The Hall–Kier alpha value is -1.76. The topological polar surface area (TPSA) is 49.4 Å². The second-order valence-electron chi connectivity index (χ2n) is 5.64. The maximum absolute atomic E-state index is 12.5. The van der Waals surface area contributed by atoms with Crippen LogP contribution in [0.3, 0.4) is 0 Å². The van der Waals surface area contributed by atoms with Gasteiger partial charge < -0.3 is 10.2 Å². The van der Waals surface area contributed by atoms with Crippen LogP contribution in [0.2, 0.25) is 0 Å². The fourth-order valence-electron chi connectivity index (χ4n) is 2.59. The van der Waals surface area contributed by atoms with E-state index in [9.17, 15) is 22.8 Å². The van der Waals surface area contributed by atoms with E-state index >= 15 is 0 Å². The number of nitrogens with one attached hydrogen (secondary N) is 1. The van der Waals surface area contributed by atoms with Crippen molar-refractivity contribution in [2.45, 2.75) is 31.5 Å². The molecule has 1 aliphatic rings. The van der Waals surface area contributed by atoms with E-state index in [4.69, 9.17) is 11.6 Å². The van der Waals surface area contributed by atoms with Crippen LogP contribution in [-0.4, -0.2) is 41.7 Å². The summed E-state index contributed by atoms with van der Waals surface area (Å²) in [6.07, 6.45) is -2.90. The number of carbonyl (C=O) groups excluding carboxylic acids is 2. The number of carbonyl (C=O) groups is 2. The van der Waals surface area contributed by atoms with Gasteiger partial charge in [-0.3, -0.25) is 9.59 Å². The number of likely N-dealkylation sites (tertiary alicyclic amines) is 1. The molecule has 1 aromatic rings. The number of nitrogens with zero attached hydrogens (tertiary/aromatic N) is 1. The van der Waals surface area contributed by atoms with E-state index in [-0.39, 0.29) is 23.4 Å². The Labute approximate surface area is 143 Å². The lowest BCUT2D eigenvalue weighted by atomic mass is 10.0. The van der Waals surface area contributed by atoms with Gasteiger partial charge in [0.05, 0.1) is 5.56 Å². The molecule has 8 heteroatoms. The van der Waals surface area contributed by atoms with Gasteiger partial charge in [-0.25, -0.2) is 0 Å². The molecule has 132 valence electrons. The lowest BCUT2D eigenvalue weighted by molar-refractivity contribution is -0.137. The van der Waals surface area contributed by atoms with Crippen LogP contribution in [0.4, 0.5) is 13.2 Å². The fraction of sp³-hybridized carbons (Fsp3) is 0.500. The van der Waals surface area contributed by atoms with Crippen molar-refractivity contribution < 1.29 is 22.8 Å². The molecule has 1 fully saturated rings. The summed E-state index contributed by atoms with van der Waals surface area (Å²) >= 11 is 5.55. The average molecular weight is 363 g/mol. The average Bonchev–Trinajstić information content (AvgIpc) is 2.55. The zero-order valence-corrected chi connectivity index (χ0v) is 13.7. The highest BCUT2D eigenvalue weighted by Gasteiger charge is 2.30. The lowest BCUT2D eigenvalue weighted by Crippen LogP contribution is -2.46. The third-order valence-electron chi connectivity index (χ3n) is 3.97. The van der Waals surface area contributed by atoms with E-state index < -0.39 is 17.6 Å². The zero-order chi connectivity index (χ0) is 17.7. The maximum Gasteiger partial charge on any atom is 0.416 e. The van der Waals surface area contributed by atoms with Crippen LogP contribution in [0.1, 0.15) is 35.2 Å². The van der Waals surface area contributed by atoms with E-state index in [0.29, 0.717) is 32.4 Å². The highest BCUT2D eigenvalue weighted by atomic mass is 35.5. The molecule has 1 N–H and O–H groups in total. The predicted molar refractivity (Wildman–Crippen MR) is 83.8 cm³/mol. The predicted octanol–water partition coefficient (Wildman–Crippen LogP) is 3.06. The first-order valence-electron chi connectivity index (χ1n) is 7.63. The summed E-state index contributed by atoms with van der Waals surface area (Å²) in [5.41, 5.74) is -0.603. The summed E-state index contributed by atoms with van der Waals surface area (Å²) in [6, 6.07) is 4.01. The van der Waals surface area contributed by atoms with Gasteiger partial charge in [0.1, 0.15) is 0 Å². The SMILES string of the molecule is O=C(NC1CCN(C(=O)CCCl)CC1)c1ccc(C(F)(F)F)cc1. The van der Waals surface area contributed by atoms with Gasteiger partial charge in [0.2, 0.25) is 5.91 Å². The molecule has 24 heavy (non-hydrogen) atoms. The van der Waals surface area contributed by atoms with Gasteiger partial charge in [-0.05, 0) is 37.1 Å². The molecule has 2 rings (SSSR count). The van der Waals surface area contributed by atoms with E-state index in [0.717, 1.165) is 24.3 Å². The number of alkyl halides is 4. The zero-order valence-electron chi connectivity index (χ0n) is 12.9. The van der Waals surface area contributed by atoms with Crippen LogP contribution in [0.25, 0.3) is 0 Å². The standard InChI is InChI=1S/C16H18ClF3N2O2/c17-8-5-14(23)22-9-6-13(7-10-22)21-15(24)11-1-3-12(4-2-11)16(18,19)20/h1-4,13H,5-10H2,(H,21,24). The van der Waals surface area contributed by atoms with Crippen LogP contribution < -0.4 is 5.32 Å². The Morgan fingerprint density at radius 3 is 2.25 bits per heavy atom. The molecule has 0 unspecified atom stereocenters. The first-order chi connectivity index (χ1) is 11.3. The van der Waals surface area contributed by atoms with Crippen molar-refractivity contribution in [3.05, 3.63) is 35.4 Å². The number of amides is 2. The Kier molecular flexibility index (Phi) is 6.10. The summed E-state index contributed by atoms with van der Waals surface area (Å²) < 4.78 is 37.5. The molecule has 0 aromatic heterocycles. The van der Waals surface area contributed by atoms with Crippen LogP contribution in [0.15, 0.2) is 24.3 Å². The minimum Gasteiger partial charge on any atom is -0.349 e. The number of piperidine rings is 1. The highest BCUT2D eigenvalue weighted by Crippen LogP contribution is 2.29. The van der Waals surface area contributed by atoms with Crippen molar-refractivity contribution in [3.63, 3.8) is 0 Å². The summed E-state index contributed by atoms with van der Waals surface area (Å²) in [6.45, 7) is 1.07. The second-order valence-corrected chi connectivity index (χ2v) is 6.02. The van der Waals surface area contributed by atoms with Crippen LogP contribution in [0.5, 0.6) is 0 Å². The molecule has 1 aliphatic heterocycles. The molecule has 0 bridgehead atoms. The molecule has 0 atom stereocenters. The van der Waals surface area contributed by atoms with Crippen molar-refractivity contribution in [3.8, 4) is 0 Å². The fourth-order valence-corrected chi connectivity index (χ4v) is 2.75. The largest absolute Gasteiger partial charge is 0.416 e. The number of hydrogen-bond donors (Lipinski definition) is 1. The van der Waals surface area contributed by atoms with Crippen LogP contribution in [0, 0.1) is 0 Å². The van der Waals surface area contributed by atoms with Gasteiger partial charge in [-0.15, -0.1) is 11.6 Å². The number of halogens is 4. The Balaban J connectivity index is 1.86. The van der Waals surface area contributed by atoms with Gasteiger partial charge in [-0.1, -0.05) is 0 Å². The summed E-state index contributed by atoms with van der Waals surface area (Å²) in [7, 11) is 0. The van der Waals surface area contributed by atoms with Crippen molar-refractivity contribution in [2.24, 2.45) is 0 Å². The number of hydrogen-bond acceptors (Lipinski definition) is 2. The van der Waals surface area contributed by atoms with Gasteiger partial charge in [-0.2, -0.15) is 13.2 Å². The summed E-state index contributed by atoms with van der Waals surface area (Å²) in [4.78, 5) is 25.5. The molecule has 1 heterocycles. The van der Waals surface area contributed by atoms with Crippen molar-refractivity contribution in [1.29, 1.82) is 0 Å². The first kappa shape index (κ1) is 18.6. The third-order valence-corrected chi connectivity index (χ3v) is 4.15.